The van der Waals surface area contributed by atoms with Crippen LogP contribution in [0.5, 0.6) is 11.5 Å². The van der Waals surface area contributed by atoms with Crippen molar-refractivity contribution in [3.63, 3.8) is 0 Å². The lowest BCUT2D eigenvalue weighted by Gasteiger charge is -2.25. The van der Waals surface area contributed by atoms with Gasteiger partial charge in [-0.25, -0.2) is 0 Å². The number of carbonyl (C=O) groups excluding carboxylic acids is 1. The van der Waals surface area contributed by atoms with E-state index in [-0.39, 0.29) is 12.1 Å². The summed E-state index contributed by atoms with van der Waals surface area (Å²) >= 11 is 0. The lowest BCUT2D eigenvalue weighted by molar-refractivity contribution is -0.131. The van der Waals surface area contributed by atoms with Crippen LogP contribution in [0.4, 0.5) is 0 Å². The lowest BCUT2D eigenvalue weighted by Crippen LogP contribution is -2.19. The van der Waals surface area contributed by atoms with Crippen LogP contribution in [-0.2, 0) is 11.2 Å². The quantitative estimate of drug-likeness (QED) is 0.539. The fraction of sp³-hybridized carbons (Fsp3) is 0.462. The summed E-state index contributed by atoms with van der Waals surface area (Å²) in [6.07, 6.45) is 2.26. The molecule has 1 atom stereocenters. The van der Waals surface area contributed by atoms with Crippen molar-refractivity contribution < 1.29 is 14.3 Å². The average molecular weight is 220 g/mol. The van der Waals surface area contributed by atoms with Crippen LogP contribution in [-0.4, -0.2) is 12.1 Å². The highest BCUT2D eigenvalue weighted by Gasteiger charge is 2.19. The molecule has 0 spiro atoms. The third-order valence-corrected chi connectivity index (χ3v) is 2.73. The topological polar surface area (TPSA) is 35.5 Å². The molecule has 1 heterocycles. The minimum Gasteiger partial charge on any atom is -0.490 e. The molecule has 1 aromatic rings. The van der Waals surface area contributed by atoms with Crippen LogP contribution in [0.1, 0.15) is 31.4 Å². The number of carbonyl (C=O) groups is 1. The first-order valence-corrected chi connectivity index (χ1v) is 5.55. The van der Waals surface area contributed by atoms with E-state index >= 15 is 0 Å². The van der Waals surface area contributed by atoms with E-state index in [1.54, 1.807) is 0 Å². The molecule has 0 saturated heterocycles. The molecule has 0 N–H and O–H groups in total. The molecule has 0 fully saturated rings. The second-order valence-electron chi connectivity index (χ2n) is 4.29. The highest BCUT2D eigenvalue weighted by molar-refractivity contribution is 5.69. The number of esters is 1. The fourth-order valence-electron chi connectivity index (χ4n) is 2.01. The van der Waals surface area contributed by atoms with Crippen molar-refractivity contribution in [2.45, 2.75) is 39.7 Å². The van der Waals surface area contributed by atoms with Gasteiger partial charge in [0.1, 0.15) is 11.5 Å². The number of benzene rings is 1. The molecule has 0 saturated carbocycles. The number of hydrogen-bond donors (Lipinski definition) is 0. The second kappa shape index (κ2) is 4.16. The monoisotopic (exact) mass is 220 g/mol. The van der Waals surface area contributed by atoms with Gasteiger partial charge in [0.25, 0.3) is 0 Å². The van der Waals surface area contributed by atoms with Gasteiger partial charge in [0.2, 0.25) is 0 Å². The van der Waals surface area contributed by atoms with Crippen LogP contribution in [0.2, 0.25) is 0 Å². The number of aryl methyl sites for hydroxylation is 2. The zero-order valence-corrected chi connectivity index (χ0v) is 9.87. The summed E-state index contributed by atoms with van der Waals surface area (Å²) in [6, 6.07) is 3.74. The Hall–Kier alpha value is -1.51. The highest BCUT2D eigenvalue weighted by atomic mass is 16.5. The third kappa shape index (κ3) is 2.18. The van der Waals surface area contributed by atoms with Crippen LogP contribution >= 0.6 is 0 Å². The van der Waals surface area contributed by atoms with Crippen molar-refractivity contribution in [3.8, 4) is 11.5 Å². The van der Waals surface area contributed by atoms with Crippen molar-refractivity contribution in [3.05, 3.63) is 23.3 Å². The van der Waals surface area contributed by atoms with Gasteiger partial charge in [-0.05, 0) is 49.9 Å². The minimum atomic E-state index is -0.288. The van der Waals surface area contributed by atoms with Gasteiger partial charge in [-0.1, -0.05) is 0 Å². The van der Waals surface area contributed by atoms with Gasteiger partial charge in [0, 0.05) is 6.92 Å². The van der Waals surface area contributed by atoms with E-state index in [1.165, 1.54) is 6.92 Å². The molecule has 86 valence electrons. The van der Waals surface area contributed by atoms with Crippen molar-refractivity contribution in [1.29, 1.82) is 0 Å². The number of rotatable bonds is 1. The summed E-state index contributed by atoms with van der Waals surface area (Å²) in [6.45, 7) is 5.46. The summed E-state index contributed by atoms with van der Waals surface area (Å²) in [4.78, 5) is 10.9. The molecule has 1 unspecified atom stereocenters. The molecule has 0 amide bonds. The van der Waals surface area contributed by atoms with Gasteiger partial charge in [-0.15, -0.1) is 0 Å². The first kappa shape index (κ1) is 11.0. The summed E-state index contributed by atoms with van der Waals surface area (Å²) in [7, 11) is 0. The van der Waals surface area contributed by atoms with E-state index in [1.807, 2.05) is 19.1 Å². The Bertz CT molecular complexity index is 423. The van der Waals surface area contributed by atoms with E-state index in [4.69, 9.17) is 9.47 Å². The van der Waals surface area contributed by atoms with Crippen molar-refractivity contribution in [2.75, 3.05) is 0 Å². The van der Waals surface area contributed by atoms with Gasteiger partial charge in [0.15, 0.2) is 0 Å². The van der Waals surface area contributed by atoms with Gasteiger partial charge in [-0.3, -0.25) is 4.79 Å². The summed E-state index contributed by atoms with van der Waals surface area (Å²) in [5.74, 6) is 1.28. The highest BCUT2D eigenvalue weighted by Crippen LogP contribution is 2.34. The predicted molar refractivity (Wildman–Crippen MR) is 60.9 cm³/mol. The molecule has 3 heteroatoms. The molecule has 16 heavy (non-hydrogen) atoms. The second-order valence-corrected chi connectivity index (χ2v) is 4.29. The molecule has 1 aliphatic rings. The molecule has 1 aromatic carbocycles. The molecule has 3 nitrogen and oxygen atoms in total. The van der Waals surface area contributed by atoms with Crippen LogP contribution in [0.25, 0.3) is 0 Å². The largest absolute Gasteiger partial charge is 0.490 e. The lowest BCUT2D eigenvalue weighted by atomic mass is 10.00. The van der Waals surface area contributed by atoms with Crippen molar-refractivity contribution in [1.82, 2.24) is 0 Å². The number of fused-ring (bicyclic) bond motifs is 1. The fourth-order valence-corrected chi connectivity index (χ4v) is 2.01. The van der Waals surface area contributed by atoms with Crippen LogP contribution in [0, 0.1) is 6.92 Å². The van der Waals surface area contributed by atoms with E-state index in [0.29, 0.717) is 5.75 Å². The SMILES string of the molecule is CC(=O)Oc1cc(C)c2c(c1)CCC(C)O2. The zero-order valence-electron chi connectivity index (χ0n) is 9.87. The average Bonchev–Trinajstić information content (AvgIpc) is 2.18. The van der Waals surface area contributed by atoms with Gasteiger partial charge < -0.3 is 9.47 Å². The van der Waals surface area contributed by atoms with Crippen LogP contribution in [0.15, 0.2) is 12.1 Å². The Morgan fingerprint density at radius 3 is 2.94 bits per heavy atom. The summed E-state index contributed by atoms with van der Waals surface area (Å²) < 4.78 is 10.9. The van der Waals surface area contributed by atoms with Gasteiger partial charge in [-0.2, -0.15) is 0 Å². The third-order valence-electron chi connectivity index (χ3n) is 2.73. The van der Waals surface area contributed by atoms with E-state index in [9.17, 15) is 4.79 Å². The molecule has 0 bridgehead atoms. The standard InChI is InChI=1S/C13H16O3/c1-8-6-12(16-10(3)14)7-11-5-4-9(2)15-13(8)11/h6-7,9H,4-5H2,1-3H3. The number of hydrogen-bond acceptors (Lipinski definition) is 3. The first-order chi connectivity index (χ1) is 7.56. The van der Waals surface area contributed by atoms with E-state index < -0.39 is 0 Å². The van der Waals surface area contributed by atoms with Crippen molar-refractivity contribution >= 4 is 5.97 Å². The Morgan fingerprint density at radius 1 is 1.50 bits per heavy atom. The molecule has 2 rings (SSSR count). The van der Waals surface area contributed by atoms with E-state index in [2.05, 4.69) is 6.92 Å². The smallest absolute Gasteiger partial charge is 0.308 e. The van der Waals surface area contributed by atoms with Gasteiger partial charge >= 0.3 is 5.97 Å². The Labute approximate surface area is 95.4 Å². The van der Waals surface area contributed by atoms with Crippen molar-refractivity contribution in [2.24, 2.45) is 0 Å². The Morgan fingerprint density at radius 2 is 2.25 bits per heavy atom. The summed E-state index contributed by atoms with van der Waals surface area (Å²) in [5.41, 5.74) is 2.16. The number of ether oxygens (including phenoxy) is 2. The van der Waals surface area contributed by atoms with Gasteiger partial charge in [0.05, 0.1) is 6.10 Å². The molecule has 0 aliphatic carbocycles. The Balaban J connectivity index is 2.34. The normalized spacial score (nSPS) is 18.6. The first-order valence-electron chi connectivity index (χ1n) is 5.55. The zero-order chi connectivity index (χ0) is 11.7. The molecular formula is C13H16O3. The Kier molecular flexibility index (Phi) is 2.86. The minimum absolute atomic E-state index is 0.269. The molecule has 0 aromatic heterocycles. The van der Waals surface area contributed by atoms with Crippen LogP contribution < -0.4 is 9.47 Å². The predicted octanol–water partition coefficient (Wildman–Crippen LogP) is 2.63. The van der Waals surface area contributed by atoms with Crippen LogP contribution in [0.3, 0.4) is 0 Å². The van der Waals surface area contributed by atoms with E-state index in [0.717, 1.165) is 29.7 Å². The summed E-state index contributed by atoms with van der Waals surface area (Å²) in [5, 5.41) is 0. The maximum Gasteiger partial charge on any atom is 0.308 e. The molecule has 0 radical (unpaired) electrons. The molecule has 1 aliphatic heterocycles. The molecular weight excluding hydrogens is 204 g/mol. The maximum atomic E-state index is 10.9. The maximum absolute atomic E-state index is 10.9.